The van der Waals surface area contributed by atoms with Crippen LogP contribution in [0.2, 0.25) is 0 Å². The maximum Gasteiger partial charge on any atom is 0.243 e. The largest absolute Gasteiger partial charge is 0.352 e. The number of fused-ring (bicyclic) bond motifs is 1. The molecule has 0 bridgehead atoms. The fourth-order valence-electron chi connectivity index (χ4n) is 3.28. The maximum absolute atomic E-state index is 13.1. The van der Waals surface area contributed by atoms with Crippen molar-refractivity contribution in [2.24, 2.45) is 0 Å². The van der Waals surface area contributed by atoms with E-state index in [1.165, 1.54) is 0 Å². The van der Waals surface area contributed by atoms with E-state index in [4.69, 9.17) is 0 Å². The first kappa shape index (κ1) is 18.0. The van der Waals surface area contributed by atoms with Crippen molar-refractivity contribution in [3.05, 3.63) is 54.1 Å². The number of anilines is 1. The predicted molar refractivity (Wildman–Crippen MR) is 106 cm³/mol. The van der Waals surface area contributed by atoms with Gasteiger partial charge >= 0.3 is 0 Å². The Morgan fingerprint density at radius 1 is 1.04 bits per heavy atom. The first-order valence-electron chi connectivity index (χ1n) is 8.99. The lowest BCUT2D eigenvalue weighted by Gasteiger charge is -2.32. The predicted octanol–water partition coefficient (Wildman–Crippen LogP) is 2.11. The highest BCUT2D eigenvalue weighted by atomic mass is 32.2. The summed E-state index contributed by atoms with van der Waals surface area (Å²) in [5, 5.41) is 3.21. The minimum absolute atomic E-state index is 0.359. The molecule has 4 rings (SSSR count). The van der Waals surface area contributed by atoms with E-state index in [0.717, 1.165) is 29.7 Å². The van der Waals surface area contributed by atoms with Gasteiger partial charge in [-0.05, 0) is 30.8 Å². The number of nitrogens with zero attached hydrogens (tertiary/aromatic N) is 3. The van der Waals surface area contributed by atoms with Gasteiger partial charge in [0.15, 0.2) is 0 Å². The number of nitrogens with one attached hydrogen (secondary N) is 2. The Balaban J connectivity index is 1.55. The summed E-state index contributed by atoms with van der Waals surface area (Å²) in [5.41, 5.74) is 2.55. The van der Waals surface area contributed by atoms with Crippen molar-refractivity contribution >= 4 is 27.0 Å². The number of piperazine rings is 1. The fourth-order valence-corrected chi connectivity index (χ4v) is 4.93. The third kappa shape index (κ3) is 3.69. The molecule has 1 aliphatic heterocycles. The van der Waals surface area contributed by atoms with Crippen LogP contribution in [0.5, 0.6) is 0 Å². The highest BCUT2D eigenvalue weighted by Gasteiger charge is 2.29. The highest BCUT2D eigenvalue weighted by Crippen LogP contribution is 2.22. The molecule has 1 fully saturated rings. The Hall–Kier alpha value is -2.42. The van der Waals surface area contributed by atoms with Crippen LogP contribution in [0.1, 0.15) is 5.56 Å². The number of imidazole rings is 1. The van der Waals surface area contributed by atoms with Gasteiger partial charge in [0.25, 0.3) is 0 Å². The number of hydrogen-bond acceptors (Lipinski definition) is 5. The molecule has 0 atom stereocenters. The van der Waals surface area contributed by atoms with E-state index >= 15 is 0 Å². The van der Waals surface area contributed by atoms with Gasteiger partial charge in [0.1, 0.15) is 0 Å². The second kappa shape index (κ2) is 7.30. The van der Waals surface area contributed by atoms with Gasteiger partial charge in [-0.25, -0.2) is 13.4 Å². The maximum atomic E-state index is 13.1. The highest BCUT2D eigenvalue weighted by molar-refractivity contribution is 7.89. The third-order valence-corrected chi connectivity index (χ3v) is 6.89. The van der Waals surface area contributed by atoms with E-state index in [2.05, 4.69) is 20.2 Å². The molecule has 8 heteroatoms. The van der Waals surface area contributed by atoms with Gasteiger partial charge in [-0.1, -0.05) is 30.3 Å². The van der Waals surface area contributed by atoms with Crippen molar-refractivity contribution in [1.82, 2.24) is 19.2 Å². The van der Waals surface area contributed by atoms with Crippen LogP contribution in [-0.4, -0.2) is 60.8 Å². The Labute approximate surface area is 159 Å². The van der Waals surface area contributed by atoms with Gasteiger partial charge in [0.05, 0.1) is 15.9 Å². The number of aromatic amines is 1. The molecule has 0 saturated carbocycles. The second-order valence-electron chi connectivity index (χ2n) is 6.77. The molecule has 0 radical (unpaired) electrons. The zero-order chi connectivity index (χ0) is 18.9. The molecular weight excluding hydrogens is 362 g/mol. The summed E-state index contributed by atoms with van der Waals surface area (Å²) < 4.78 is 27.8. The molecule has 0 spiro atoms. The average Bonchev–Trinajstić information content (AvgIpc) is 3.10. The van der Waals surface area contributed by atoms with Crippen molar-refractivity contribution in [2.45, 2.75) is 11.4 Å². The Bertz CT molecular complexity index is 1010. The zero-order valence-electron chi connectivity index (χ0n) is 15.2. The quantitative estimate of drug-likeness (QED) is 0.703. The van der Waals surface area contributed by atoms with Gasteiger partial charge in [0.2, 0.25) is 16.0 Å². The summed E-state index contributed by atoms with van der Waals surface area (Å²) in [6.45, 7) is 2.91. The first-order chi connectivity index (χ1) is 13.0. The first-order valence-corrected chi connectivity index (χ1v) is 10.4. The molecule has 142 valence electrons. The van der Waals surface area contributed by atoms with Crippen molar-refractivity contribution in [2.75, 3.05) is 38.5 Å². The molecule has 0 amide bonds. The SMILES string of the molecule is CN1CCN(S(=O)(=O)c2ccccc2CNc2nc3ccccc3[nH]2)CC1. The number of H-pyrrole nitrogens is 1. The van der Waals surface area contributed by atoms with Gasteiger partial charge in [-0.15, -0.1) is 0 Å². The van der Waals surface area contributed by atoms with Crippen LogP contribution in [0.3, 0.4) is 0 Å². The lowest BCUT2D eigenvalue weighted by atomic mass is 10.2. The van der Waals surface area contributed by atoms with E-state index in [9.17, 15) is 8.42 Å². The Morgan fingerprint density at radius 3 is 2.52 bits per heavy atom. The monoisotopic (exact) mass is 385 g/mol. The Morgan fingerprint density at radius 2 is 1.74 bits per heavy atom. The summed E-state index contributed by atoms with van der Waals surface area (Å²) in [7, 11) is -1.50. The smallest absolute Gasteiger partial charge is 0.243 e. The molecule has 1 aliphatic rings. The van der Waals surface area contributed by atoms with Crippen LogP contribution in [0.15, 0.2) is 53.4 Å². The van der Waals surface area contributed by atoms with Crippen molar-refractivity contribution in [3.63, 3.8) is 0 Å². The summed E-state index contributed by atoms with van der Waals surface area (Å²) in [5.74, 6) is 0.628. The second-order valence-corrected chi connectivity index (χ2v) is 8.68. The molecule has 1 saturated heterocycles. The summed E-state index contributed by atoms with van der Waals surface area (Å²) >= 11 is 0. The van der Waals surface area contributed by atoms with Gasteiger partial charge in [0, 0.05) is 32.7 Å². The molecule has 2 aromatic carbocycles. The number of rotatable bonds is 5. The van der Waals surface area contributed by atoms with E-state index < -0.39 is 10.0 Å². The summed E-state index contributed by atoms with van der Waals surface area (Å²) in [6, 6.07) is 14.9. The topological polar surface area (TPSA) is 81.3 Å². The molecule has 7 nitrogen and oxygen atoms in total. The van der Waals surface area contributed by atoms with E-state index in [1.54, 1.807) is 16.4 Å². The molecular formula is C19H23N5O2S. The number of hydrogen-bond donors (Lipinski definition) is 2. The summed E-state index contributed by atoms with van der Waals surface area (Å²) in [4.78, 5) is 10.2. The number of para-hydroxylation sites is 2. The van der Waals surface area contributed by atoms with Crippen LogP contribution in [0.4, 0.5) is 5.95 Å². The van der Waals surface area contributed by atoms with Crippen LogP contribution < -0.4 is 5.32 Å². The molecule has 27 heavy (non-hydrogen) atoms. The van der Waals surface area contributed by atoms with Crippen molar-refractivity contribution < 1.29 is 8.42 Å². The third-order valence-electron chi connectivity index (χ3n) is 4.89. The number of aromatic nitrogens is 2. The van der Waals surface area contributed by atoms with Gasteiger partial charge in [-0.2, -0.15) is 4.31 Å². The van der Waals surface area contributed by atoms with Gasteiger partial charge < -0.3 is 15.2 Å². The lowest BCUT2D eigenvalue weighted by molar-refractivity contribution is 0.222. The molecule has 1 aromatic heterocycles. The zero-order valence-corrected chi connectivity index (χ0v) is 16.0. The van der Waals surface area contributed by atoms with Crippen molar-refractivity contribution in [3.8, 4) is 0 Å². The number of sulfonamides is 1. The van der Waals surface area contributed by atoms with Crippen LogP contribution in [-0.2, 0) is 16.6 Å². The molecule has 0 aliphatic carbocycles. The van der Waals surface area contributed by atoms with E-state index in [-0.39, 0.29) is 0 Å². The average molecular weight is 385 g/mol. The van der Waals surface area contributed by atoms with Gasteiger partial charge in [-0.3, -0.25) is 0 Å². The molecule has 2 N–H and O–H groups in total. The lowest BCUT2D eigenvalue weighted by Crippen LogP contribution is -2.47. The number of benzene rings is 2. The fraction of sp³-hybridized carbons (Fsp3) is 0.316. The normalized spacial score (nSPS) is 16.6. The van der Waals surface area contributed by atoms with E-state index in [1.807, 2.05) is 43.4 Å². The summed E-state index contributed by atoms with van der Waals surface area (Å²) in [6.07, 6.45) is 0. The molecule has 3 aromatic rings. The van der Waals surface area contributed by atoms with Crippen molar-refractivity contribution in [1.29, 1.82) is 0 Å². The van der Waals surface area contributed by atoms with Crippen LogP contribution >= 0.6 is 0 Å². The number of likely N-dealkylation sites (N-methyl/N-ethyl adjacent to an activating group) is 1. The molecule has 0 unspecified atom stereocenters. The van der Waals surface area contributed by atoms with Crippen LogP contribution in [0, 0.1) is 0 Å². The molecule has 2 heterocycles. The standard InChI is InChI=1S/C19H23N5O2S/c1-23-10-12-24(13-11-23)27(25,26)18-9-5-2-6-15(18)14-20-19-21-16-7-3-4-8-17(16)22-19/h2-9H,10-14H2,1H3,(H2,20,21,22). The minimum Gasteiger partial charge on any atom is -0.352 e. The van der Waals surface area contributed by atoms with Crippen LogP contribution in [0.25, 0.3) is 11.0 Å². The minimum atomic E-state index is -3.51. The van der Waals surface area contributed by atoms with E-state index in [0.29, 0.717) is 30.5 Å². The Kier molecular flexibility index (Phi) is 4.86.